The van der Waals surface area contributed by atoms with Gasteiger partial charge in [0, 0.05) is 12.1 Å². The molecule has 0 aromatic heterocycles. The van der Waals surface area contributed by atoms with Gasteiger partial charge in [0.25, 0.3) is 10.0 Å². The van der Waals surface area contributed by atoms with Gasteiger partial charge in [-0.2, -0.15) is 8.42 Å². The Hall–Kier alpha value is -0.820. The van der Waals surface area contributed by atoms with E-state index in [1.165, 1.54) is 31.4 Å². The fraction of sp³-hybridized carbons (Fsp3) is 0.300. The van der Waals surface area contributed by atoms with Crippen molar-refractivity contribution >= 4 is 39.1 Å². The van der Waals surface area contributed by atoms with Crippen molar-refractivity contribution in [1.82, 2.24) is 0 Å². The minimum absolute atomic E-state index is 0.00358. The number of amidine groups is 1. The first-order valence-electron chi connectivity index (χ1n) is 4.85. The average Bonchev–Trinajstić information content (AvgIpc) is 2.29. The van der Waals surface area contributed by atoms with Gasteiger partial charge in [-0.25, -0.2) is 0 Å². The molecule has 2 N–H and O–H groups in total. The Kier molecular flexibility index (Phi) is 5.40. The fourth-order valence-electron chi connectivity index (χ4n) is 1.09. The number of benzene rings is 1. The van der Waals surface area contributed by atoms with Crippen LogP contribution in [0.3, 0.4) is 0 Å². The quantitative estimate of drug-likeness (QED) is 0.509. The lowest BCUT2D eigenvalue weighted by atomic mass is 10.4. The highest BCUT2D eigenvalue weighted by molar-refractivity contribution is 7.90. The van der Waals surface area contributed by atoms with Gasteiger partial charge in [-0.15, -0.1) is 16.0 Å². The van der Waals surface area contributed by atoms with Crippen LogP contribution in [0, 0.1) is 0 Å². The Labute approximate surface area is 116 Å². The van der Waals surface area contributed by atoms with Crippen molar-refractivity contribution in [3.05, 3.63) is 29.3 Å². The van der Waals surface area contributed by atoms with Gasteiger partial charge in [-0.1, -0.05) is 11.6 Å². The van der Waals surface area contributed by atoms with E-state index in [1.54, 1.807) is 0 Å². The zero-order valence-electron chi connectivity index (χ0n) is 9.51. The van der Waals surface area contributed by atoms with E-state index < -0.39 is 15.4 Å². The summed E-state index contributed by atoms with van der Waals surface area (Å²) < 4.78 is 31.9. The van der Waals surface area contributed by atoms with Crippen molar-refractivity contribution < 1.29 is 13.2 Å². The summed E-state index contributed by atoms with van der Waals surface area (Å²) in [7, 11) is -2.45. The van der Waals surface area contributed by atoms with E-state index >= 15 is 0 Å². The van der Waals surface area contributed by atoms with Crippen LogP contribution in [0.25, 0.3) is 0 Å². The minimum Gasteiger partial charge on any atom is -0.385 e. The van der Waals surface area contributed by atoms with Gasteiger partial charge >= 0.3 is 0 Å². The lowest BCUT2D eigenvalue weighted by Crippen LogP contribution is -2.29. The molecule has 0 amide bonds. The number of hydrogen-bond acceptors (Lipinski definition) is 3. The van der Waals surface area contributed by atoms with Gasteiger partial charge in [-0.05, 0) is 24.3 Å². The number of hydrogen-bond donors (Lipinski definition) is 1. The molecule has 0 aliphatic heterocycles. The van der Waals surface area contributed by atoms with Crippen molar-refractivity contribution in [1.29, 1.82) is 0 Å². The second-order valence-corrected chi connectivity index (χ2v) is 5.94. The first-order valence-corrected chi connectivity index (χ1v) is 7.11. The van der Waals surface area contributed by atoms with Crippen LogP contribution in [-0.4, -0.2) is 33.3 Å². The van der Waals surface area contributed by atoms with Gasteiger partial charge in [-0.3, -0.25) is 0 Å². The molecule has 1 atom stereocenters. The third-order valence-electron chi connectivity index (χ3n) is 1.97. The average molecular weight is 311 g/mol. The second-order valence-electron chi connectivity index (χ2n) is 3.37. The van der Waals surface area contributed by atoms with Crippen molar-refractivity contribution in [3.63, 3.8) is 0 Å². The van der Waals surface area contributed by atoms with E-state index in [2.05, 4.69) is 4.40 Å². The number of nitrogens with two attached hydrogens (primary N) is 1. The predicted molar refractivity (Wildman–Crippen MR) is 71.8 cm³/mol. The number of alkyl halides is 1. The van der Waals surface area contributed by atoms with E-state index in [0.717, 1.165) is 0 Å². The van der Waals surface area contributed by atoms with Crippen molar-refractivity contribution in [2.24, 2.45) is 10.1 Å². The molecule has 0 aliphatic carbocycles. The molecule has 0 radical (unpaired) electrons. The van der Waals surface area contributed by atoms with Crippen LogP contribution in [0.5, 0.6) is 0 Å². The molecule has 100 valence electrons. The van der Waals surface area contributed by atoms with Crippen LogP contribution in [0.2, 0.25) is 5.02 Å². The van der Waals surface area contributed by atoms with E-state index in [9.17, 15) is 8.42 Å². The topological polar surface area (TPSA) is 81.8 Å². The van der Waals surface area contributed by atoms with Crippen molar-refractivity contribution in [2.75, 3.05) is 13.7 Å². The SMILES string of the molecule is COC[C@@H](Cl)C(N)=NS(=O)(=O)c1ccc(Cl)cc1. The lowest BCUT2D eigenvalue weighted by molar-refractivity contribution is 0.209. The largest absolute Gasteiger partial charge is 0.385 e. The van der Waals surface area contributed by atoms with Gasteiger partial charge in [0.1, 0.15) is 11.2 Å². The summed E-state index contributed by atoms with van der Waals surface area (Å²) in [6, 6.07) is 5.59. The third-order valence-corrected chi connectivity index (χ3v) is 3.89. The summed E-state index contributed by atoms with van der Waals surface area (Å²) in [6.45, 7) is 0.0764. The summed E-state index contributed by atoms with van der Waals surface area (Å²) in [6.07, 6.45) is 0. The van der Waals surface area contributed by atoms with Crippen molar-refractivity contribution in [3.8, 4) is 0 Å². The van der Waals surface area contributed by atoms with Crippen LogP contribution in [0.15, 0.2) is 33.6 Å². The maximum atomic E-state index is 11.9. The van der Waals surface area contributed by atoms with Crippen LogP contribution in [-0.2, 0) is 14.8 Å². The summed E-state index contributed by atoms with van der Waals surface area (Å²) in [4.78, 5) is -0.00358. The Morgan fingerprint density at radius 1 is 1.44 bits per heavy atom. The molecule has 1 rings (SSSR count). The highest BCUT2D eigenvalue weighted by Gasteiger charge is 2.17. The summed E-state index contributed by atoms with van der Waals surface area (Å²) in [5.74, 6) is -0.214. The molecule has 0 fully saturated rings. The number of nitrogens with zero attached hydrogens (tertiary/aromatic N) is 1. The fourth-order valence-corrected chi connectivity index (χ4v) is 2.44. The highest BCUT2D eigenvalue weighted by Crippen LogP contribution is 2.16. The van der Waals surface area contributed by atoms with Gasteiger partial charge in [0.05, 0.1) is 11.5 Å². The van der Waals surface area contributed by atoms with E-state index in [0.29, 0.717) is 5.02 Å². The molecule has 0 saturated carbocycles. The number of methoxy groups -OCH3 is 1. The molecule has 1 aromatic carbocycles. The maximum absolute atomic E-state index is 11.9. The summed E-state index contributed by atoms with van der Waals surface area (Å²) >= 11 is 11.5. The van der Waals surface area contributed by atoms with Crippen LogP contribution < -0.4 is 5.73 Å². The monoisotopic (exact) mass is 310 g/mol. The van der Waals surface area contributed by atoms with Crippen LogP contribution in [0.1, 0.15) is 0 Å². The number of sulfonamides is 1. The van der Waals surface area contributed by atoms with E-state index in [-0.39, 0.29) is 17.3 Å². The third kappa shape index (κ3) is 4.13. The molecule has 0 heterocycles. The van der Waals surface area contributed by atoms with Gasteiger partial charge in [0.2, 0.25) is 0 Å². The second kappa shape index (κ2) is 6.38. The zero-order chi connectivity index (χ0) is 13.8. The Balaban J connectivity index is 3.01. The smallest absolute Gasteiger partial charge is 0.283 e. The first kappa shape index (κ1) is 15.2. The molecule has 8 heteroatoms. The maximum Gasteiger partial charge on any atom is 0.283 e. The highest BCUT2D eigenvalue weighted by atomic mass is 35.5. The summed E-state index contributed by atoms with van der Waals surface area (Å²) in [5, 5.41) is -0.363. The number of rotatable bonds is 5. The molecular weight excluding hydrogens is 299 g/mol. The molecule has 5 nitrogen and oxygen atoms in total. The van der Waals surface area contributed by atoms with E-state index in [4.69, 9.17) is 33.7 Å². The standard InChI is InChI=1S/C10H12Cl2N2O3S/c1-17-6-9(12)10(13)14-18(15,16)8-4-2-7(11)3-5-8/h2-5,9H,6H2,1H3,(H2,13,14)/t9-/m1/s1. The molecule has 1 aromatic rings. The summed E-state index contributed by atoms with van der Waals surface area (Å²) in [5.41, 5.74) is 5.49. The molecule has 0 bridgehead atoms. The molecule has 0 spiro atoms. The van der Waals surface area contributed by atoms with Gasteiger partial charge in [0.15, 0.2) is 0 Å². The molecule has 0 unspecified atom stereocenters. The molecule has 0 saturated heterocycles. The lowest BCUT2D eigenvalue weighted by Gasteiger charge is -2.07. The molecule has 18 heavy (non-hydrogen) atoms. The number of ether oxygens (including phenoxy) is 1. The normalized spacial score (nSPS) is 14.5. The van der Waals surface area contributed by atoms with Crippen LogP contribution >= 0.6 is 23.2 Å². The Morgan fingerprint density at radius 2 is 2.00 bits per heavy atom. The zero-order valence-corrected chi connectivity index (χ0v) is 11.8. The molecular formula is C10H12Cl2N2O3S. The van der Waals surface area contributed by atoms with Crippen LogP contribution in [0.4, 0.5) is 0 Å². The van der Waals surface area contributed by atoms with Gasteiger partial charge < -0.3 is 10.5 Å². The molecule has 0 aliphatic rings. The minimum atomic E-state index is -3.88. The first-order chi connectivity index (χ1) is 8.36. The number of halogens is 2. The van der Waals surface area contributed by atoms with Crippen molar-refractivity contribution in [2.45, 2.75) is 10.3 Å². The van der Waals surface area contributed by atoms with E-state index in [1.807, 2.05) is 0 Å². The Bertz CT molecular complexity index is 529. The Morgan fingerprint density at radius 3 is 2.50 bits per heavy atom. The predicted octanol–water partition coefficient (Wildman–Crippen LogP) is 1.64.